The molecule has 0 saturated carbocycles. The van der Waals surface area contributed by atoms with Crippen LogP contribution < -0.4 is 0 Å². The number of aliphatic hydroxyl groups is 1. The number of carbonyl (C=O) groups excluding carboxylic acids is 4. The molecule has 0 radical (unpaired) electrons. The Morgan fingerprint density at radius 3 is 0.745 bits per heavy atom. The molecule has 3 unspecified atom stereocenters. The van der Waals surface area contributed by atoms with Crippen LogP contribution >= 0.6 is 15.6 Å². The molecule has 0 rings (SSSR count). The van der Waals surface area contributed by atoms with Crippen LogP contribution in [0.1, 0.15) is 440 Å². The molecule has 0 aliphatic carbocycles. The fourth-order valence-corrected chi connectivity index (χ4v) is 14.4. The lowest BCUT2D eigenvalue weighted by molar-refractivity contribution is -0.161. The number of esters is 4. The molecule has 0 amide bonds. The number of unbranched alkanes of at least 4 members (excludes halogenated alkanes) is 51. The van der Waals surface area contributed by atoms with E-state index in [1.807, 2.05) is 0 Å². The van der Waals surface area contributed by atoms with E-state index in [-0.39, 0.29) is 25.7 Å². The van der Waals surface area contributed by atoms with Crippen molar-refractivity contribution in [2.45, 2.75) is 458 Å². The highest BCUT2D eigenvalue weighted by Crippen LogP contribution is 2.45. The van der Waals surface area contributed by atoms with Gasteiger partial charge in [0.25, 0.3) is 0 Å². The third kappa shape index (κ3) is 74.9. The van der Waals surface area contributed by atoms with Gasteiger partial charge in [-0.3, -0.25) is 37.3 Å². The molecule has 0 aromatic carbocycles. The van der Waals surface area contributed by atoms with Gasteiger partial charge >= 0.3 is 39.5 Å². The topological polar surface area (TPSA) is 237 Å². The summed E-state index contributed by atoms with van der Waals surface area (Å²) in [4.78, 5) is 73.0. The molecule has 17 nitrogen and oxygen atoms in total. The van der Waals surface area contributed by atoms with Gasteiger partial charge in [0, 0.05) is 25.7 Å². The van der Waals surface area contributed by atoms with Crippen LogP contribution in [0.5, 0.6) is 0 Å². The van der Waals surface area contributed by atoms with Gasteiger partial charge in [0.15, 0.2) is 12.2 Å². The number of rotatable bonds is 82. The van der Waals surface area contributed by atoms with E-state index < -0.39 is 97.5 Å². The van der Waals surface area contributed by atoms with Crippen LogP contribution in [0.4, 0.5) is 0 Å². The van der Waals surface area contributed by atoms with Crippen LogP contribution in [0.15, 0.2) is 0 Å². The number of ether oxygens (including phenoxy) is 4. The van der Waals surface area contributed by atoms with Gasteiger partial charge in [-0.05, 0) is 37.5 Å². The first-order chi connectivity index (χ1) is 49.4. The van der Waals surface area contributed by atoms with E-state index >= 15 is 0 Å². The van der Waals surface area contributed by atoms with Crippen molar-refractivity contribution in [1.82, 2.24) is 0 Å². The minimum atomic E-state index is -4.96. The first-order valence-corrected chi connectivity index (χ1v) is 46.0. The standard InChI is InChI=1S/C83H162O17P2/c1-7-10-12-14-16-18-20-22-24-26-28-29-30-32-34-36-38-40-42-47-55-61-67-82(87)99-78(71-93-80(85)65-59-53-46-41-39-37-35-33-31-27-25-23-21-19-17-15-13-11-8-2)73-97-101(89,90)95-69-77(84)70-96-102(91,92)98-74-79(72-94-81(86)66-60-54-50-49-51-57-63-75(4)5)100-83(88)68-62-56-48-44-43-45-52-58-64-76(6)9-3/h75-79,84H,7-74H2,1-6H3,(H,89,90)(H,91,92)/t76?,77-,78-,79-/m1/s1. The van der Waals surface area contributed by atoms with Gasteiger partial charge in [0.2, 0.25) is 0 Å². The van der Waals surface area contributed by atoms with Gasteiger partial charge in [-0.15, -0.1) is 0 Å². The first kappa shape index (κ1) is 100. The highest BCUT2D eigenvalue weighted by molar-refractivity contribution is 7.47. The van der Waals surface area contributed by atoms with Crippen LogP contribution in [0, 0.1) is 11.8 Å². The van der Waals surface area contributed by atoms with E-state index in [0.717, 1.165) is 102 Å². The van der Waals surface area contributed by atoms with Crippen LogP contribution in [-0.2, 0) is 65.4 Å². The number of hydrogen-bond acceptors (Lipinski definition) is 15. The summed E-state index contributed by atoms with van der Waals surface area (Å²) >= 11 is 0. The Bertz CT molecular complexity index is 1960. The number of carbonyl (C=O) groups is 4. The maximum absolute atomic E-state index is 13.1. The van der Waals surface area contributed by atoms with E-state index in [0.29, 0.717) is 31.6 Å². The van der Waals surface area contributed by atoms with Crippen molar-refractivity contribution in [2.75, 3.05) is 39.6 Å². The molecule has 0 bridgehead atoms. The lowest BCUT2D eigenvalue weighted by atomic mass is 9.99. The number of hydrogen-bond donors (Lipinski definition) is 3. The van der Waals surface area contributed by atoms with Crippen molar-refractivity contribution in [2.24, 2.45) is 11.8 Å². The van der Waals surface area contributed by atoms with E-state index in [2.05, 4.69) is 41.5 Å². The normalized spacial score (nSPS) is 14.1. The lowest BCUT2D eigenvalue weighted by Gasteiger charge is -2.21. The molecule has 606 valence electrons. The van der Waals surface area contributed by atoms with Crippen LogP contribution in [0.2, 0.25) is 0 Å². The Balaban J connectivity index is 5.19. The monoisotopic (exact) mass is 1490 g/mol. The van der Waals surface area contributed by atoms with Crippen molar-refractivity contribution in [3.8, 4) is 0 Å². The average Bonchev–Trinajstić information content (AvgIpc) is 1.04. The van der Waals surface area contributed by atoms with Gasteiger partial charge in [-0.2, -0.15) is 0 Å². The van der Waals surface area contributed by atoms with Gasteiger partial charge in [0.05, 0.1) is 26.4 Å². The summed E-state index contributed by atoms with van der Waals surface area (Å²) in [5.74, 6) is -0.664. The zero-order chi connectivity index (χ0) is 74.9. The van der Waals surface area contributed by atoms with Gasteiger partial charge < -0.3 is 33.8 Å². The van der Waals surface area contributed by atoms with Crippen molar-refractivity contribution in [1.29, 1.82) is 0 Å². The maximum Gasteiger partial charge on any atom is 0.472 e. The van der Waals surface area contributed by atoms with Crippen molar-refractivity contribution < 1.29 is 80.2 Å². The van der Waals surface area contributed by atoms with Crippen LogP contribution in [0.3, 0.4) is 0 Å². The molecule has 0 aromatic heterocycles. The van der Waals surface area contributed by atoms with E-state index in [4.69, 9.17) is 37.0 Å². The van der Waals surface area contributed by atoms with E-state index in [1.165, 1.54) is 250 Å². The quantitative estimate of drug-likeness (QED) is 0.0222. The molecule has 0 fully saturated rings. The molecule has 3 N–H and O–H groups in total. The second-order valence-corrected chi connectivity index (χ2v) is 33.5. The summed E-state index contributed by atoms with van der Waals surface area (Å²) in [6, 6.07) is 0. The van der Waals surface area contributed by atoms with Crippen molar-refractivity contribution >= 4 is 39.5 Å². The fraction of sp³-hybridized carbons (Fsp3) is 0.952. The Kier molecular flexibility index (Phi) is 73.1. The van der Waals surface area contributed by atoms with E-state index in [9.17, 15) is 43.2 Å². The van der Waals surface area contributed by atoms with Crippen LogP contribution in [0.25, 0.3) is 0 Å². The van der Waals surface area contributed by atoms with Crippen molar-refractivity contribution in [3.63, 3.8) is 0 Å². The molecule has 19 heteroatoms. The summed E-state index contributed by atoms with van der Waals surface area (Å²) in [5.41, 5.74) is 0. The Morgan fingerprint density at radius 2 is 0.500 bits per heavy atom. The second-order valence-electron chi connectivity index (χ2n) is 30.6. The summed E-state index contributed by atoms with van der Waals surface area (Å²) in [6.07, 6.45) is 65.6. The number of aliphatic hydroxyl groups excluding tert-OH is 1. The summed E-state index contributed by atoms with van der Waals surface area (Å²) < 4.78 is 68.7. The lowest BCUT2D eigenvalue weighted by Crippen LogP contribution is -2.30. The average molecular weight is 1490 g/mol. The molecule has 0 spiro atoms. The summed E-state index contributed by atoms with van der Waals surface area (Å²) in [6.45, 7) is 9.55. The second kappa shape index (κ2) is 74.5. The van der Waals surface area contributed by atoms with Gasteiger partial charge in [0.1, 0.15) is 19.3 Å². The summed E-state index contributed by atoms with van der Waals surface area (Å²) in [5, 5.41) is 10.6. The predicted molar refractivity (Wildman–Crippen MR) is 418 cm³/mol. The predicted octanol–water partition coefficient (Wildman–Crippen LogP) is 25.1. The Labute approximate surface area is 626 Å². The highest BCUT2D eigenvalue weighted by atomic mass is 31.2. The molecule has 102 heavy (non-hydrogen) atoms. The van der Waals surface area contributed by atoms with Gasteiger partial charge in [-0.25, -0.2) is 9.13 Å². The largest absolute Gasteiger partial charge is 0.472 e. The van der Waals surface area contributed by atoms with E-state index in [1.54, 1.807) is 0 Å². The first-order valence-electron chi connectivity index (χ1n) is 43.0. The molecule has 0 aliphatic heterocycles. The third-order valence-electron chi connectivity index (χ3n) is 19.8. The molecular formula is C83H162O17P2. The fourth-order valence-electron chi connectivity index (χ4n) is 12.9. The molecular weight excluding hydrogens is 1330 g/mol. The zero-order valence-electron chi connectivity index (χ0n) is 66.9. The van der Waals surface area contributed by atoms with Crippen LogP contribution in [-0.4, -0.2) is 96.7 Å². The maximum atomic E-state index is 13.1. The van der Waals surface area contributed by atoms with Gasteiger partial charge in [-0.1, -0.05) is 388 Å². The SMILES string of the molecule is CCCCCCCCCCCCCCCCCCCCCCCCC(=O)O[C@H](COC(=O)CCCCCCCCCCCCCCCCCCCCC)COP(=O)(O)OC[C@@H](O)COP(=O)(O)OC[C@@H](COC(=O)CCCCCCCCC(C)C)OC(=O)CCCCCCCCCCC(C)CC. The smallest absolute Gasteiger partial charge is 0.462 e. The minimum Gasteiger partial charge on any atom is -0.462 e. The number of phosphoric acid groups is 2. The van der Waals surface area contributed by atoms with Crippen molar-refractivity contribution in [3.05, 3.63) is 0 Å². The zero-order valence-corrected chi connectivity index (χ0v) is 68.7. The molecule has 0 aromatic rings. The molecule has 0 saturated heterocycles. The third-order valence-corrected chi connectivity index (χ3v) is 21.7. The Hall–Kier alpha value is -1.94. The molecule has 6 atom stereocenters. The minimum absolute atomic E-state index is 0.104. The summed E-state index contributed by atoms with van der Waals surface area (Å²) in [7, 11) is -9.92. The molecule has 0 aliphatic rings. The number of phosphoric ester groups is 2. The highest BCUT2D eigenvalue weighted by Gasteiger charge is 2.30. The molecule has 0 heterocycles. The Morgan fingerprint density at radius 1 is 0.284 bits per heavy atom.